The van der Waals surface area contributed by atoms with Crippen molar-refractivity contribution in [3.05, 3.63) is 33.4 Å². The van der Waals surface area contributed by atoms with Crippen molar-refractivity contribution < 1.29 is 9.53 Å². The quantitative estimate of drug-likeness (QED) is 0.684. The van der Waals surface area contributed by atoms with Gasteiger partial charge in [-0.15, -0.1) is 0 Å². The highest BCUT2D eigenvalue weighted by atomic mass is 127. The van der Waals surface area contributed by atoms with Crippen molar-refractivity contribution in [2.75, 3.05) is 13.1 Å². The number of carbonyl (C=O) groups excluding carboxylic acids is 1. The Balaban J connectivity index is 1.80. The normalized spacial score (nSPS) is 16.9. The smallest absolute Gasteiger partial charge is 0.410 e. The number of nitrogens with zero attached hydrogens (tertiary/aromatic N) is 1. The molecule has 3 nitrogen and oxygen atoms in total. The highest BCUT2D eigenvalue weighted by Gasteiger charge is 2.26. The minimum atomic E-state index is -0.408. The maximum absolute atomic E-state index is 12.0. The van der Waals surface area contributed by atoms with Crippen molar-refractivity contribution in [3.63, 3.8) is 0 Å². The maximum atomic E-state index is 12.0. The lowest BCUT2D eigenvalue weighted by Gasteiger charge is -2.33. The van der Waals surface area contributed by atoms with Gasteiger partial charge in [0.1, 0.15) is 5.60 Å². The molecule has 0 spiro atoms. The molecule has 1 aromatic carbocycles. The first-order chi connectivity index (χ1) is 9.83. The lowest BCUT2D eigenvalue weighted by atomic mass is 9.90. The number of ether oxygens (including phenoxy) is 1. The summed E-state index contributed by atoms with van der Waals surface area (Å²) >= 11 is 2.33. The Kier molecular flexibility index (Phi) is 5.52. The second-order valence-electron chi connectivity index (χ2n) is 6.74. The van der Waals surface area contributed by atoms with Crippen molar-refractivity contribution in [1.29, 1.82) is 0 Å². The van der Waals surface area contributed by atoms with Crippen molar-refractivity contribution in [2.24, 2.45) is 5.92 Å². The van der Waals surface area contributed by atoms with Gasteiger partial charge in [-0.2, -0.15) is 0 Å². The van der Waals surface area contributed by atoms with E-state index in [9.17, 15) is 4.79 Å². The van der Waals surface area contributed by atoms with Gasteiger partial charge in [0.2, 0.25) is 0 Å². The number of piperidine rings is 1. The van der Waals surface area contributed by atoms with Gasteiger partial charge in [0.15, 0.2) is 0 Å². The Labute approximate surface area is 141 Å². The topological polar surface area (TPSA) is 29.5 Å². The molecule has 116 valence electrons. The van der Waals surface area contributed by atoms with Crippen LogP contribution in [0.3, 0.4) is 0 Å². The van der Waals surface area contributed by atoms with E-state index in [1.54, 1.807) is 0 Å². The average Bonchev–Trinajstić information content (AvgIpc) is 2.40. The van der Waals surface area contributed by atoms with Crippen LogP contribution in [0.25, 0.3) is 0 Å². The Hall–Kier alpha value is -0.780. The van der Waals surface area contributed by atoms with E-state index in [2.05, 4.69) is 46.9 Å². The van der Waals surface area contributed by atoms with Crippen molar-refractivity contribution in [2.45, 2.75) is 45.6 Å². The van der Waals surface area contributed by atoms with E-state index in [4.69, 9.17) is 4.74 Å². The van der Waals surface area contributed by atoms with Gasteiger partial charge in [0.05, 0.1) is 0 Å². The zero-order valence-corrected chi connectivity index (χ0v) is 15.2. The van der Waals surface area contributed by atoms with Crippen LogP contribution >= 0.6 is 22.6 Å². The van der Waals surface area contributed by atoms with Gasteiger partial charge in [-0.25, -0.2) is 4.79 Å². The lowest BCUT2D eigenvalue weighted by molar-refractivity contribution is 0.0184. The Bertz CT molecular complexity index is 471. The van der Waals surface area contributed by atoms with Crippen LogP contribution in [-0.4, -0.2) is 29.7 Å². The summed E-state index contributed by atoms with van der Waals surface area (Å²) in [6, 6.07) is 8.74. The molecule has 1 heterocycles. The van der Waals surface area contributed by atoms with E-state index < -0.39 is 5.60 Å². The first kappa shape index (κ1) is 16.6. The predicted molar refractivity (Wildman–Crippen MR) is 93.4 cm³/mol. The number of likely N-dealkylation sites (tertiary alicyclic amines) is 1. The number of hydrogen-bond donors (Lipinski definition) is 0. The molecule has 1 aliphatic rings. The first-order valence-electron chi connectivity index (χ1n) is 7.56. The van der Waals surface area contributed by atoms with Crippen molar-refractivity contribution in [3.8, 4) is 0 Å². The van der Waals surface area contributed by atoms with Crippen LogP contribution in [0.5, 0.6) is 0 Å². The molecular weight excluding hydrogens is 377 g/mol. The minimum absolute atomic E-state index is 0.171. The van der Waals surface area contributed by atoms with E-state index in [-0.39, 0.29) is 6.09 Å². The van der Waals surface area contributed by atoms with Crippen LogP contribution < -0.4 is 0 Å². The van der Waals surface area contributed by atoms with Crippen LogP contribution in [0, 0.1) is 9.49 Å². The fourth-order valence-electron chi connectivity index (χ4n) is 2.60. The van der Waals surface area contributed by atoms with Gasteiger partial charge < -0.3 is 9.64 Å². The summed E-state index contributed by atoms with van der Waals surface area (Å²) in [5.74, 6) is 0.670. The number of hydrogen-bond acceptors (Lipinski definition) is 2. The number of benzene rings is 1. The van der Waals surface area contributed by atoms with Gasteiger partial charge in [0.25, 0.3) is 0 Å². The summed E-state index contributed by atoms with van der Waals surface area (Å²) in [5.41, 5.74) is 0.987. The second kappa shape index (κ2) is 6.99. The summed E-state index contributed by atoms with van der Waals surface area (Å²) in [4.78, 5) is 13.9. The summed E-state index contributed by atoms with van der Waals surface area (Å²) in [7, 11) is 0. The van der Waals surface area contributed by atoms with Crippen LogP contribution in [0.2, 0.25) is 0 Å². The molecular formula is C17H24INO2. The second-order valence-corrected chi connectivity index (χ2v) is 7.99. The van der Waals surface area contributed by atoms with Gasteiger partial charge in [-0.3, -0.25) is 0 Å². The molecule has 1 saturated heterocycles. The fraction of sp³-hybridized carbons (Fsp3) is 0.588. The number of amides is 1. The molecule has 1 aliphatic heterocycles. The van der Waals surface area contributed by atoms with E-state index in [1.807, 2.05) is 25.7 Å². The fourth-order valence-corrected chi connectivity index (χ4v) is 2.96. The zero-order valence-electron chi connectivity index (χ0n) is 13.1. The van der Waals surface area contributed by atoms with Crippen molar-refractivity contribution >= 4 is 28.7 Å². The molecule has 2 rings (SSSR count). The molecule has 0 aromatic heterocycles. The molecule has 1 fully saturated rings. The average molecular weight is 401 g/mol. The van der Waals surface area contributed by atoms with Crippen LogP contribution in [0.1, 0.15) is 39.2 Å². The third kappa shape index (κ3) is 5.49. The van der Waals surface area contributed by atoms with E-state index in [1.165, 1.54) is 9.13 Å². The summed E-state index contributed by atoms with van der Waals surface area (Å²) in [6.45, 7) is 7.35. The highest BCUT2D eigenvalue weighted by Crippen LogP contribution is 2.23. The van der Waals surface area contributed by atoms with E-state index in [0.29, 0.717) is 5.92 Å². The van der Waals surface area contributed by atoms with Gasteiger partial charge in [-0.1, -0.05) is 12.1 Å². The molecule has 0 radical (unpaired) electrons. The van der Waals surface area contributed by atoms with Gasteiger partial charge in [-0.05, 0) is 86.2 Å². The lowest BCUT2D eigenvalue weighted by Crippen LogP contribution is -2.42. The maximum Gasteiger partial charge on any atom is 0.410 e. The zero-order chi connectivity index (χ0) is 15.5. The predicted octanol–water partition coefficient (Wildman–Crippen LogP) is 4.48. The summed E-state index contributed by atoms with van der Waals surface area (Å²) < 4.78 is 6.70. The third-order valence-electron chi connectivity index (χ3n) is 3.70. The molecule has 1 aromatic rings. The van der Waals surface area contributed by atoms with E-state index >= 15 is 0 Å². The molecule has 21 heavy (non-hydrogen) atoms. The minimum Gasteiger partial charge on any atom is -0.444 e. The first-order valence-corrected chi connectivity index (χ1v) is 8.64. The Morgan fingerprint density at radius 3 is 2.33 bits per heavy atom. The molecule has 0 N–H and O–H groups in total. The Morgan fingerprint density at radius 1 is 1.24 bits per heavy atom. The van der Waals surface area contributed by atoms with Crippen LogP contribution in [0.4, 0.5) is 4.79 Å². The number of halogens is 1. The molecule has 1 amide bonds. The molecule has 4 heteroatoms. The number of carbonyl (C=O) groups is 1. The summed E-state index contributed by atoms with van der Waals surface area (Å²) in [6.07, 6.45) is 3.06. The molecule has 0 saturated carbocycles. The molecule has 0 atom stereocenters. The monoisotopic (exact) mass is 401 g/mol. The highest BCUT2D eigenvalue weighted by molar-refractivity contribution is 14.1. The third-order valence-corrected chi connectivity index (χ3v) is 4.42. The summed E-state index contributed by atoms with van der Waals surface area (Å²) in [5, 5.41) is 0. The standard InChI is InChI=1S/C17H24INO2/c1-17(2,3)21-16(20)19-10-8-14(9-11-19)12-13-4-6-15(18)7-5-13/h4-7,14H,8-12H2,1-3H3. The van der Waals surface area contributed by atoms with Crippen LogP contribution in [-0.2, 0) is 11.2 Å². The van der Waals surface area contributed by atoms with Gasteiger partial charge in [0, 0.05) is 16.7 Å². The van der Waals surface area contributed by atoms with E-state index in [0.717, 1.165) is 32.4 Å². The molecule has 0 unspecified atom stereocenters. The molecule has 0 aliphatic carbocycles. The Morgan fingerprint density at radius 2 is 1.81 bits per heavy atom. The SMILES string of the molecule is CC(C)(C)OC(=O)N1CCC(Cc2ccc(I)cc2)CC1. The van der Waals surface area contributed by atoms with Crippen LogP contribution in [0.15, 0.2) is 24.3 Å². The van der Waals surface area contributed by atoms with Gasteiger partial charge >= 0.3 is 6.09 Å². The number of rotatable bonds is 2. The largest absolute Gasteiger partial charge is 0.444 e. The van der Waals surface area contributed by atoms with Crippen molar-refractivity contribution in [1.82, 2.24) is 4.90 Å². The molecule has 0 bridgehead atoms.